The molecule has 0 radical (unpaired) electrons. The van der Waals surface area contributed by atoms with E-state index in [4.69, 9.17) is 14.7 Å². The van der Waals surface area contributed by atoms with Gasteiger partial charge in [0.15, 0.2) is 5.65 Å². The van der Waals surface area contributed by atoms with Crippen LogP contribution in [0.5, 0.6) is 0 Å². The molecule has 0 amide bonds. The number of hydrogen-bond acceptors (Lipinski definition) is 6. The van der Waals surface area contributed by atoms with Gasteiger partial charge in [0.05, 0.1) is 29.4 Å². The third-order valence-electron chi connectivity index (χ3n) is 7.02. The Morgan fingerprint density at radius 2 is 1.94 bits per heavy atom. The highest BCUT2D eigenvalue weighted by atomic mass is 19.4. The lowest BCUT2D eigenvalue weighted by molar-refractivity contribution is -0.133. The van der Waals surface area contributed by atoms with E-state index in [9.17, 15) is 13.2 Å². The highest BCUT2D eigenvalue weighted by Crippen LogP contribution is 2.39. The van der Waals surface area contributed by atoms with E-state index < -0.39 is 12.6 Å². The molecule has 0 N–H and O–H groups in total. The average molecular weight is 487 g/mol. The summed E-state index contributed by atoms with van der Waals surface area (Å²) in [6.07, 6.45) is 0.982. The first-order valence-corrected chi connectivity index (χ1v) is 12.1. The lowest BCUT2D eigenvalue weighted by Gasteiger charge is -2.30. The topological polar surface area (TPSA) is 78.6 Å². The summed E-state index contributed by atoms with van der Waals surface area (Å²) in [6.45, 7) is 9.06. The van der Waals surface area contributed by atoms with Crippen molar-refractivity contribution < 1.29 is 17.9 Å². The molecule has 3 aromatic rings. The Hall–Kier alpha value is -2.88. The van der Waals surface area contributed by atoms with Crippen molar-refractivity contribution in [1.29, 1.82) is 0 Å². The van der Waals surface area contributed by atoms with Gasteiger partial charge in [0, 0.05) is 36.7 Å². The van der Waals surface area contributed by atoms with Crippen molar-refractivity contribution >= 4 is 16.7 Å². The molecule has 1 saturated heterocycles. The maximum absolute atomic E-state index is 12.9. The van der Waals surface area contributed by atoms with E-state index in [1.54, 1.807) is 0 Å². The summed E-state index contributed by atoms with van der Waals surface area (Å²) >= 11 is 0. The molecule has 0 bridgehead atoms. The lowest BCUT2D eigenvalue weighted by atomic mass is 9.90. The van der Waals surface area contributed by atoms with Crippen LogP contribution in [0.2, 0.25) is 0 Å². The third-order valence-corrected chi connectivity index (χ3v) is 7.02. The maximum atomic E-state index is 12.9. The number of alkyl halides is 3. The molecule has 5 heterocycles. The predicted octanol–water partition coefficient (Wildman–Crippen LogP) is 5.56. The smallest absolute Gasteiger partial charge is 0.373 e. The first kappa shape index (κ1) is 23.8. The summed E-state index contributed by atoms with van der Waals surface area (Å²) in [6, 6.07) is 0. The second-order valence-electron chi connectivity index (χ2n) is 9.52. The standard InChI is InChI=1S/C25H29F3N6O/c1-14(7-9-25(26,27)28)21-22-24(31-16(3)15(2)30-22)33-23(32-21)17-8-11-35-20(12-17)18-13-29-34-10-5-4-6-19(18)34/h13,17,20H,1,4-12H2,2-3H3. The van der Waals surface area contributed by atoms with Crippen molar-refractivity contribution in [2.75, 3.05) is 6.61 Å². The van der Waals surface area contributed by atoms with Gasteiger partial charge in [0.25, 0.3) is 0 Å². The molecule has 5 rings (SSSR count). The molecule has 2 unspecified atom stereocenters. The molecule has 0 spiro atoms. The molecule has 0 aliphatic carbocycles. The van der Waals surface area contributed by atoms with Crippen LogP contribution in [-0.4, -0.2) is 42.5 Å². The van der Waals surface area contributed by atoms with Crippen molar-refractivity contribution in [3.05, 3.63) is 46.9 Å². The van der Waals surface area contributed by atoms with E-state index in [-0.39, 0.29) is 18.4 Å². The normalized spacial score (nSPS) is 20.7. The van der Waals surface area contributed by atoms with Gasteiger partial charge in [-0.15, -0.1) is 0 Å². The molecule has 0 aromatic carbocycles. The number of fused-ring (bicyclic) bond motifs is 2. The van der Waals surface area contributed by atoms with Gasteiger partial charge in [-0.25, -0.2) is 19.9 Å². The summed E-state index contributed by atoms with van der Waals surface area (Å²) in [4.78, 5) is 18.6. The van der Waals surface area contributed by atoms with Gasteiger partial charge in [-0.2, -0.15) is 18.3 Å². The largest absolute Gasteiger partial charge is 0.389 e. The van der Waals surface area contributed by atoms with Crippen molar-refractivity contribution in [1.82, 2.24) is 29.7 Å². The van der Waals surface area contributed by atoms with Crippen LogP contribution in [0.1, 0.15) is 84.7 Å². The van der Waals surface area contributed by atoms with Gasteiger partial charge in [0.1, 0.15) is 11.3 Å². The lowest BCUT2D eigenvalue weighted by Crippen LogP contribution is -2.22. The SMILES string of the molecule is C=C(CCC(F)(F)F)c1nc(C2CCOC(c3cnn4c3CCCC4)C2)nc2nc(C)c(C)nc12. The number of hydrogen-bond donors (Lipinski definition) is 0. The molecular weight excluding hydrogens is 457 g/mol. The van der Waals surface area contributed by atoms with Crippen LogP contribution in [0.25, 0.3) is 16.7 Å². The predicted molar refractivity (Wildman–Crippen MR) is 125 cm³/mol. The van der Waals surface area contributed by atoms with E-state index in [1.165, 1.54) is 5.69 Å². The highest BCUT2D eigenvalue weighted by molar-refractivity contribution is 5.84. The van der Waals surface area contributed by atoms with Crippen molar-refractivity contribution in [2.24, 2.45) is 0 Å². The van der Waals surface area contributed by atoms with Gasteiger partial charge in [-0.1, -0.05) is 6.58 Å². The van der Waals surface area contributed by atoms with Crippen molar-refractivity contribution in [3.63, 3.8) is 0 Å². The molecule has 186 valence electrons. The number of aromatic nitrogens is 6. The summed E-state index contributed by atoms with van der Waals surface area (Å²) in [7, 11) is 0. The van der Waals surface area contributed by atoms with Gasteiger partial charge in [-0.05, 0) is 57.9 Å². The number of rotatable bonds is 5. The number of aryl methyl sites for hydroxylation is 3. The fourth-order valence-corrected chi connectivity index (χ4v) is 4.93. The second-order valence-corrected chi connectivity index (χ2v) is 9.52. The minimum atomic E-state index is -4.27. The number of halogens is 3. The fraction of sp³-hybridized carbons (Fsp3) is 0.560. The minimum Gasteiger partial charge on any atom is -0.373 e. The Balaban J connectivity index is 1.49. The van der Waals surface area contributed by atoms with Gasteiger partial charge in [0.2, 0.25) is 0 Å². The number of ether oxygens (including phenoxy) is 1. The Morgan fingerprint density at radius 3 is 2.74 bits per heavy atom. The zero-order valence-electron chi connectivity index (χ0n) is 20.0. The average Bonchev–Trinajstić information content (AvgIpc) is 3.26. The first-order valence-electron chi connectivity index (χ1n) is 12.1. The van der Waals surface area contributed by atoms with Gasteiger partial charge in [-0.3, -0.25) is 4.68 Å². The van der Waals surface area contributed by atoms with Crippen LogP contribution in [0.3, 0.4) is 0 Å². The molecule has 2 atom stereocenters. The van der Waals surface area contributed by atoms with E-state index in [0.29, 0.717) is 47.0 Å². The molecule has 0 saturated carbocycles. The van der Waals surface area contributed by atoms with E-state index in [2.05, 4.69) is 26.3 Å². The molecule has 1 fully saturated rings. The summed E-state index contributed by atoms with van der Waals surface area (Å²) in [5.74, 6) is 0.544. The van der Waals surface area contributed by atoms with E-state index in [1.807, 2.05) is 20.0 Å². The third kappa shape index (κ3) is 4.94. The Labute approximate surface area is 201 Å². The van der Waals surface area contributed by atoms with Crippen LogP contribution in [0.15, 0.2) is 12.8 Å². The van der Waals surface area contributed by atoms with Gasteiger partial charge >= 0.3 is 6.18 Å². The van der Waals surface area contributed by atoms with E-state index >= 15 is 0 Å². The Kier molecular flexibility index (Phi) is 6.33. The molecule has 2 aliphatic heterocycles. The summed E-state index contributed by atoms with van der Waals surface area (Å²) < 4.78 is 46.9. The van der Waals surface area contributed by atoms with Gasteiger partial charge < -0.3 is 4.74 Å². The van der Waals surface area contributed by atoms with Crippen LogP contribution >= 0.6 is 0 Å². The van der Waals surface area contributed by atoms with Crippen LogP contribution in [0, 0.1) is 13.8 Å². The fourth-order valence-electron chi connectivity index (χ4n) is 4.93. The molecule has 10 heteroatoms. The quantitative estimate of drug-likeness (QED) is 0.470. The van der Waals surface area contributed by atoms with Crippen LogP contribution in [-0.2, 0) is 17.7 Å². The molecular formula is C25H29F3N6O. The first-order chi connectivity index (χ1) is 16.7. The molecule has 7 nitrogen and oxygen atoms in total. The summed E-state index contributed by atoms with van der Waals surface area (Å²) in [5, 5.41) is 4.55. The zero-order chi connectivity index (χ0) is 24.7. The molecule has 2 aliphatic rings. The minimum absolute atomic E-state index is 0.0186. The monoisotopic (exact) mass is 486 g/mol. The second kappa shape index (κ2) is 9.29. The number of allylic oxidation sites excluding steroid dienone is 1. The van der Waals surface area contributed by atoms with E-state index in [0.717, 1.165) is 43.5 Å². The van der Waals surface area contributed by atoms with Crippen molar-refractivity contribution in [3.8, 4) is 0 Å². The number of nitrogens with zero attached hydrogens (tertiary/aromatic N) is 6. The molecule has 3 aromatic heterocycles. The van der Waals surface area contributed by atoms with Crippen molar-refractivity contribution in [2.45, 2.75) is 83.5 Å². The maximum Gasteiger partial charge on any atom is 0.389 e. The summed E-state index contributed by atoms with van der Waals surface area (Å²) in [5.41, 5.74) is 5.22. The van der Waals surface area contributed by atoms with Crippen LogP contribution in [0.4, 0.5) is 13.2 Å². The zero-order valence-corrected chi connectivity index (χ0v) is 20.0. The Bertz CT molecular complexity index is 1270. The Morgan fingerprint density at radius 1 is 1.14 bits per heavy atom. The molecule has 35 heavy (non-hydrogen) atoms. The highest BCUT2D eigenvalue weighted by Gasteiger charge is 2.32. The van der Waals surface area contributed by atoms with Crippen LogP contribution < -0.4 is 0 Å².